The number of carbonyl (C=O) groups is 1. The Morgan fingerprint density at radius 3 is 2.45 bits per heavy atom. The van der Waals surface area contributed by atoms with Crippen molar-refractivity contribution in [3.63, 3.8) is 0 Å². The second-order valence-corrected chi connectivity index (χ2v) is 8.81. The molecule has 0 saturated carbocycles. The summed E-state index contributed by atoms with van der Waals surface area (Å²) in [4.78, 5) is 12.7. The van der Waals surface area contributed by atoms with Crippen molar-refractivity contribution in [2.24, 2.45) is 7.05 Å². The van der Waals surface area contributed by atoms with Crippen LogP contribution in [0.1, 0.15) is 23.2 Å². The van der Waals surface area contributed by atoms with E-state index in [1.165, 1.54) is 0 Å². The Kier molecular flexibility index (Phi) is 5.73. The molecule has 8 heteroatoms. The number of benzene rings is 2. The van der Waals surface area contributed by atoms with E-state index in [1.807, 2.05) is 12.1 Å². The number of aromatic nitrogens is 2. The van der Waals surface area contributed by atoms with Crippen LogP contribution in [0, 0.1) is 0 Å². The highest BCUT2D eigenvalue weighted by atomic mass is 32.2. The van der Waals surface area contributed by atoms with Crippen molar-refractivity contribution in [3.05, 3.63) is 89.4 Å². The van der Waals surface area contributed by atoms with Gasteiger partial charge in [0, 0.05) is 29.9 Å². The number of aryl methyl sites for hydroxylation is 1. The lowest BCUT2D eigenvalue weighted by atomic mass is 10.1. The molecule has 7 nitrogen and oxygen atoms in total. The topological polar surface area (TPSA) is 93.1 Å². The lowest BCUT2D eigenvalue weighted by Gasteiger charge is -2.11. The smallest absolute Gasteiger partial charge is 0.261 e. The molecule has 0 aliphatic heterocycles. The molecule has 1 aliphatic carbocycles. The van der Waals surface area contributed by atoms with Crippen LogP contribution >= 0.6 is 0 Å². The zero-order chi connectivity index (χ0) is 21.8. The molecule has 0 unspecified atom stereocenters. The molecular formula is C23H22N4O3S. The summed E-state index contributed by atoms with van der Waals surface area (Å²) in [7, 11) is -1.85. The van der Waals surface area contributed by atoms with Crippen LogP contribution in [0.15, 0.2) is 83.8 Å². The molecule has 0 spiro atoms. The third-order valence-corrected chi connectivity index (χ3v) is 6.29. The van der Waals surface area contributed by atoms with Crippen LogP contribution in [-0.2, 0) is 17.1 Å². The van der Waals surface area contributed by atoms with Crippen LogP contribution in [0.5, 0.6) is 0 Å². The van der Waals surface area contributed by atoms with Gasteiger partial charge in [-0.05, 0) is 43.2 Å². The van der Waals surface area contributed by atoms with Crippen molar-refractivity contribution in [1.82, 2.24) is 9.78 Å². The van der Waals surface area contributed by atoms with Crippen molar-refractivity contribution in [1.29, 1.82) is 0 Å². The molecular weight excluding hydrogens is 412 g/mol. The maximum atomic E-state index is 12.5. The molecule has 0 saturated heterocycles. The number of carbonyl (C=O) groups excluding carboxylic acids is 1. The van der Waals surface area contributed by atoms with Gasteiger partial charge in [-0.25, -0.2) is 8.42 Å². The van der Waals surface area contributed by atoms with Gasteiger partial charge in [0.25, 0.3) is 15.9 Å². The highest BCUT2D eigenvalue weighted by Gasteiger charge is 2.17. The summed E-state index contributed by atoms with van der Waals surface area (Å²) < 4.78 is 29.2. The van der Waals surface area contributed by atoms with Gasteiger partial charge in [0.15, 0.2) is 0 Å². The summed E-state index contributed by atoms with van der Waals surface area (Å²) in [5, 5.41) is 7.30. The van der Waals surface area contributed by atoms with Crippen LogP contribution < -0.4 is 10.0 Å². The summed E-state index contributed by atoms with van der Waals surface area (Å²) in [6, 6.07) is 17.7. The molecule has 3 aromatic rings. The molecule has 1 heterocycles. The molecule has 0 radical (unpaired) electrons. The number of hydrogen-bond acceptors (Lipinski definition) is 4. The Morgan fingerprint density at radius 1 is 1.03 bits per heavy atom. The van der Waals surface area contributed by atoms with Gasteiger partial charge in [-0.3, -0.25) is 14.2 Å². The minimum atomic E-state index is -3.60. The highest BCUT2D eigenvalue weighted by molar-refractivity contribution is 7.96. The van der Waals surface area contributed by atoms with E-state index in [4.69, 9.17) is 0 Å². The Morgan fingerprint density at radius 2 is 1.77 bits per heavy atom. The van der Waals surface area contributed by atoms with E-state index in [2.05, 4.69) is 15.1 Å². The van der Waals surface area contributed by atoms with Crippen LogP contribution in [0.2, 0.25) is 0 Å². The predicted molar refractivity (Wildman–Crippen MR) is 122 cm³/mol. The second kappa shape index (κ2) is 8.61. The molecule has 0 atom stereocenters. The zero-order valence-corrected chi connectivity index (χ0v) is 17.8. The van der Waals surface area contributed by atoms with Crippen LogP contribution in [0.4, 0.5) is 11.5 Å². The van der Waals surface area contributed by atoms with Gasteiger partial charge in [0.1, 0.15) is 5.82 Å². The van der Waals surface area contributed by atoms with Gasteiger partial charge >= 0.3 is 0 Å². The second-order valence-electron chi connectivity index (χ2n) is 7.13. The fourth-order valence-electron chi connectivity index (χ4n) is 3.22. The Bertz CT molecular complexity index is 1260. The maximum absolute atomic E-state index is 12.5. The minimum absolute atomic E-state index is 0.217. The molecule has 158 valence electrons. The third-order valence-electron chi connectivity index (χ3n) is 4.86. The third kappa shape index (κ3) is 4.75. The largest absolute Gasteiger partial charge is 0.307 e. The van der Waals surface area contributed by atoms with Crippen LogP contribution in [0.25, 0.3) is 11.3 Å². The van der Waals surface area contributed by atoms with Gasteiger partial charge in [0.05, 0.1) is 10.6 Å². The van der Waals surface area contributed by atoms with Gasteiger partial charge in [0.2, 0.25) is 0 Å². The van der Waals surface area contributed by atoms with E-state index in [0.717, 1.165) is 12.0 Å². The molecule has 1 aromatic heterocycles. The number of nitrogens with zero attached hydrogens (tertiary/aromatic N) is 2. The quantitative estimate of drug-likeness (QED) is 0.604. The number of sulfonamides is 1. The van der Waals surface area contributed by atoms with Crippen molar-refractivity contribution in [2.75, 3.05) is 10.0 Å². The van der Waals surface area contributed by atoms with E-state index in [1.54, 1.807) is 78.5 Å². The fraction of sp³-hybridized carbons (Fsp3) is 0.130. The maximum Gasteiger partial charge on any atom is 0.261 e. The Labute approximate surface area is 181 Å². The standard InChI is InChI=1S/C23H22N4O3S/c1-27-22(24-23(28)18-8-4-2-5-9-18)16-21(25-27)17-12-14-19(15-13-17)26-31(29,30)20-10-6-3-7-11-20/h2,4-6,8-16,26H,3,7H2,1H3,(H,24,28). The fourth-order valence-corrected chi connectivity index (χ4v) is 4.39. The first kappa shape index (κ1) is 20.6. The van der Waals surface area contributed by atoms with E-state index in [9.17, 15) is 13.2 Å². The molecule has 1 amide bonds. The highest BCUT2D eigenvalue weighted by Crippen LogP contribution is 2.25. The summed E-state index contributed by atoms with van der Waals surface area (Å²) >= 11 is 0. The first-order chi connectivity index (χ1) is 14.9. The van der Waals surface area contributed by atoms with Crippen molar-refractivity contribution >= 4 is 27.4 Å². The van der Waals surface area contributed by atoms with E-state index in [-0.39, 0.29) is 10.8 Å². The van der Waals surface area contributed by atoms with Gasteiger partial charge in [-0.15, -0.1) is 0 Å². The predicted octanol–water partition coefficient (Wildman–Crippen LogP) is 4.32. The van der Waals surface area contributed by atoms with Crippen LogP contribution in [-0.4, -0.2) is 24.1 Å². The summed E-state index contributed by atoms with van der Waals surface area (Å²) in [5.74, 6) is 0.343. The normalized spacial score (nSPS) is 13.5. The summed E-state index contributed by atoms with van der Waals surface area (Å²) in [5.41, 5.74) is 2.50. The van der Waals surface area contributed by atoms with Crippen molar-refractivity contribution < 1.29 is 13.2 Å². The average Bonchev–Trinajstić information content (AvgIpc) is 3.15. The number of nitrogens with one attached hydrogen (secondary N) is 2. The molecule has 1 aliphatic rings. The van der Waals surface area contributed by atoms with E-state index < -0.39 is 10.0 Å². The van der Waals surface area contributed by atoms with E-state index >= 15 is 0 Å². The number of amides is 1. The monoisotopic (exact) mass is 434 g/mol. The Hall–Kier alpha value is -3.65. The summed E-state index contributed by atoms with van der Waals surface area (Å²) in [6.07, 6.45) is 6.77. The SMILES string of the molecule is Cn1nc(-c2ccc(NS(=O)(=O)C3=CCCC=C3)cc2)cc1NC(=O)c1ccccc1. The van der Waals surface area contributed by atoms with E-state index in [0.29, 0.717) is 29.2 Å². The molecule has 31 heavy (non-hydrogen) atoms. The lowest BCUT2D eigenvalue weighted by Crippen LogP contribution is -2.14. The number of hydrogen-bond donors (Lipinski definition) is 2. The minimum Gasteiger partial charge on any atom is -0.307 e. The lowest BCUT2D eigenvalue weighted by molar-refractivity contribution is 0.102. The molecule has 2 aromatic carbocycles. The molecule has 4 rings (SSSR count). The van der Waals surface area contributed by atoms with Gasteiger partial charge < -0.3 is 5.32 Å². The zero-order valence-electron chi connectivity index (χ0n) is 16.9. The van der Waals surface area contributed by atoms with Gasteiger partial charge in [-0.2, -0.15) is 5.10 Å². The molecule has 2 N–H and O–H groups in total. The Balaban J connectivity index is 1.48. The first-order valence-electron chi connectivity index (χ1n) is 9.83. The number of anilines is 2. The van der Waals surface area contributed by atoms with Gasteiger partial charge in [-0.1, -0.05) is 42.5 Å². The average molecular weight is 435 g/mol. The molecule has 0 bridgehead atoms. The van der Waals surface area contributed by atoms with Crippen molar-refractivity contribution in [2.45, 2.75) is 12.8 Å². The van der Waals surface area contributed by atoms with Crippen molar-refractivity contribution in [3.8, 4) is 11.3 Å². The molecule has 0 fully saturated rings. The summed E-state index contributed by atoms with van der Waals surface area (Å²) in [6.45, 7) is 0. The number of rotatable bonds is 6. The number of allylic oxidation sites excluding steroid dienone is 3. The van der Waals surface area contributed by atoms with Crippen LogP contribution in [0.3, 0.4) is 0 Å². The first-order valence-corrected chi connectivity index (χ1v) is 11.3.